The van der Waals surface area contributed by atoms with Gasteiger partial charge in [-0.05, 0) is 18.2 Å². The topological polar surface area (TPSA) is 88.0 Å². The normalized spacial score (nSPS) is 11.1. The molecular formula is C16H14N6O. The van der Waals surface area contributed by atoms with E-state index in [0.717, 1.165) is 22.4 Å². The average Bonchev–Trinajstić information content (AvgIpc) is 3.19. The number of benzene rings is 1. The van der Waals surface area contributed by atoms with Crippen LogP contribution in [-0.2, 0) is 6.42 Å². The van der Waals surface area contributed by atoms with Crippen molar-refractivity contribution >= 4 is 22.5 Å². The molecule has 0 aliphatic rings. The van der Waals surface area contributed by atoms with E-state index < -0.39 is 0 Å². The van der Waals surface area contributed by atoms with Crippen molar-refractivity contribution in [2.75, 3.05) is 6.54 Å². The van der Waals surface area contributed by atoms with Crippen molar-refractivity contribution < 1.29 is 4.79 Å². The summed E-state index contributed by atoms with van der Waals surface area (Å²) in [6.07, 6.45) is 2.51. The van der Waals surface area contributed by atoms with E-state index in [1.54, 1.807) is 0 Å². The maximum atomic E-state index is 12.3. The first-order valence-electron chi connectivity index (χ1n) is 7.33. The van der Waals surface area contributed by atoms with E-state index in [9.17, 15) is 4.79 Å². The van der Waals surface area contributed by atoms with Gasteiger partial charge in [0.05, 0.1) is 5.52 Å². The first-order chi connectivity index (χ1) is 11.3. The minimum Gasteiger partial charge on any atom is -0.350 e. The Bertz CT molecular complexity index is 986. The van der Waals surface area contributed by atoms with Crippen LogP contribution >= 0.6 is 0 Å². The smallest absolute Gasteiger partial charge is 0.272 e. The summed E-state index contributed by atoms with van der Waals surface area (Å²) in [6, 6.07) is 13.3. The molecule has 23 heavy (non-hydrogen) atoms. The second-order valence-electron chi connectivity index (χ2n) is 5.17. The number of nitrogens with zero attached hydrogens (tertiary/aromatic N) is 4. The summed E-state index contributed by atoms with van der Waals surface area (Å²) in [4.78, 5) is 12.3. The molecular weight excluding hydrogens is 292 g/mol. The summed E-state index contributed by atoms with van der Waals surface area (Å²) in [7, 11) is 0. The molecule has 0 spiro atoms. The third-order valence-corrected chi connectivity index (χ3v) is 3.70. The molecule has 7 heteroatoms. The molecule has 4 rings (SSSR count). The van der Waals surface area contributed by atoms with Gasteiger partial charge in [0, 0.05) is 24.5 Å². The number of hydrogen-bond acceptors (Lipinski definition) is 4. The molecule has 114 valence electrons. The monoisotopic (exact) mass is 306 g/mol. The molecule has 0 aliphatic heterocycles. The molecule has 0 fully saturated rings. The van der Waals surface area contributed by atoms with E-state index >= 15 is 0 Å². The Morgan fingerprint density at radius 2 is 2.00 bits per heavy atom. The largest absolute Gasteiger partial charge is 0.350 e. The Morgan fingerprint density at radius 3 is 2.96 bits per heavy atom. The third-order valence-electron chi connectivity index (χ3n) is 3.70. The Morgan fingerprint density at radius 1 is 1.13 bits per heavy atom. The van der Waals surface area contributed by atoms with Gasteiger partial charge >= 0.3 is 0 Å². The van der Waals surface area contributed by atoms with Crippen LogP contribution < -0.4 is 5.32 Å². The van der Waals surface area contributed by atoms with Crippen molar-refractivity contribution in [2.24, 2.45) is 0 Å². The molecule has 1 aromatic carbocycles. The predicted molar refractivity (Wildman–Crippen MR) is 85.1 cm³/mol. The number of fused-ring (bicyclic) bond motifs is 2. The standard InChI is InChI=1S/C16H14N6O/c23-16(15-11-5-1-2-6-12(11)18-21-15)17-9-8-14-20-19-13-7-3-4-10-22(13)14/h1-7,10H,8-9H2,(H,17,23)(H,18,21). The van der Waals surface area contributed by atoms with Gasteiger partial charge in [-0.25, -0.2) is 0 Å². The van der Waals surface area contributed by atoms with Crippen molar-refractivity contribution in [1.29, 1.82) is 0 Å². The Balaban J connectivity index is 1.46. The zero-order chi connectivity index (χ0) is 15.6. The fourth-order valence-electron chi connectivity index (χ4n) is 2.57. The quantitative estimate of drug-likeness (QED) is 0.599. The van der Waals surface area contributed by atoms with E-state index in [1.165, 1.54) is 0 Å². The number of carbonyl (C=O) groups excluding carboxylic acids is 1. The molecule has 0 saturated carbocycles. The lowest BCUT2D eigenvalue weighted by molar-refractivity contribution is 0.0950. The van der Waals surface area contributed by atoms with E-state index in [1.807, 2.05) is 53.1 Å². The van der Waals surface area contributed by atoms with Crippen molar-refractivity contribution in [3.05, 3.63) is 60.2 Å². The Hall–Kier alpha value is -3.22. The van der Waals surface area contributed by atoms with E-state index in [0.29, 0.717) is 18.7 Å². The van der Waals surface area contributed by atoms with Crippen molar-refractivity contribution in [3.63, 3.8) is 0 Å². The molecule has 0 atom stereocenters. The van der Waals surface area contributed by atoms with Crippen LogP contribution in [0.15, 0.2) is 48.7 Å². The van der Waals surface area contributed by atoms with Gasteiger partial charge in [0.15, 0.2) is 11.3 Å². The highest BCUT2D eigenvalue weighted by Crippen LogP contribution is 2.14. The number of rotatable bonds is 4. The molecule has 2 N–H and O–H groups in total. The molecule has 0 unspecified atom stereocenters. The van der Waals surface area contributed by atoms with Crippen LogP contribution in [0.2, 0.25) is 0 Å². The summed E-state index contributed by atoms with van der Waals surface area (Å²) in [5.74, 6) is 0.615. The highest BCUT2D eigenvalue weighted by Gasteiger charge is 2.13. The first kappa shape index (κ1) is 13.4. The number of pyridine rings is 1. The second-order valence-corrected chi connectivity index (χ2v) is 5.17. The number of hydrogen-bond donors (Lipinski definition) is 2. The average molecular weight is 306 g/mol. The molecule has 4 aromatic rings. The van der Waals surface area contributed by atoms with Gasteiger partial charge in [-0.15, -0.1) is 10.2 Å². The summed E-state index contributed by atoms with van der Waals surface area (Å²) in [5, 5.41) is 18.9. The Kier molecular flexibility index (Phi) is 3.23. The SMILES string of the molecule is O=C(NCCc1nnc2ccccn12)c1n[nH]c2ccccc12. The van der Waals surface area contributed by atoms with E-state index in [-0.39, 0.29) is 5.91 Å². The fraction of sp³-hybridized carbons (Fsp3) is 0.125. The molecule has 1 amide bonds. The summed E-state index contributed by atoms with van der Waals surface area (Å²) >= 11 is 0. The predicted octanol–water partition coefficient (Wildman–Crippen LogP) is 1.58. The lowest BCUT2D eigenvalue weighted by atomic mass is 10.2. The van der Waals surface area contributed by atoms with Gasteiger partial charge in [0.1, 0.15) is 5.82 Å². The zero-order valence-electron chi connectivity index (χ0n) is 12.2. The van der Waals surface area contributed by atoms with Gasteiger partial charge in [-0.2, -0.15) is 5.10 Å². The number of carbonyl (C=O) groups is 1. The minimum absolute atomic E-state index is 0.198. The maximum absolute atomic E-state index is 12.3. The van der Waals surface area contributed by atoms with E-state index in [4.69, 9.17) is 0 Å². The van der Waals surface area contributed by atoms with Crippen LogP contribution in [0.3, 0.4) is 0 Å². The minimum atomic E-state index is -0.198. The Labute approximate surface area is 131 Å². The number of para-hydroxylation sites is 1. The molecule has 0 bridgehead atoms. The number of aromatic nitrogens is 5. The fourth-order valence-corrected chi connectivity index (χ4v) is 2.57. The lowest BCUT2D eigenvalue weighted by Crippen LogP contribution is -2.26. The van der Waals surface area contributed by atoms with Crippen LogP contribution in [-0.4, -0.2) is 37.2 Å². The van der Waals surface area contributed by atoms with Crippen LogP contribution in [0.5, 0.6) is 0 Å². The first-order valence-corrected chi connectivity index (χ1v) is 7.33. The van der Waals surface area contributed by atoms with Crippen LogP contribution in [0.4, 0.5) is 0 Å². The molecule has 0 saturated heterocycles. The van der Waals surface area contributed by atoms with Gasteiger partial charge < -0.3 is 5.32 Å². The molecule has 7 nitrogen and oxygen atoms in total. The number of nitrogens with one attached hydrogen (secondary N) is 2. The van der Waals surface area contributed by atoms with E-state index in [2.05, 4.69) is 25.7 Å². The number of aromatic amines is 1. The van der Waals surface area contributed by atoms with Crippen molar-refractivity contribution in [1.82, 2.24) is 30.1 Å². The van der Waals surface area contributed by atoms with Crippen molar-refractivity contribution in [2.45, 2.75) is 6.42 Å². The second kappa shape index (κ2) is 5.53. The van der Waals surface area contributed by atoms with Gasteiger partial charge in [-0.1, -0.05) is 24.3 Å². The maximum Gasteiger partial charge on any atom is 0.272 e. The summed E-state index contributed by atoms with van der Waals surface area (Å²) in [5.41, 5.74) is 2.06. The number of H-pyrrole nitrogens is 1. The van der Waals surface area contributed by atoms with Crippen LogP contribution in [0, 0.1) is 0 Å². The lowest BCUT2D eigenvalue weighted by Gasteiger charge is -2.03. The van der Waals surface area contributed by atoms with Gasteiger partial charge in [0.25, 0.3) is 5.91 Å². The third kappa shape index (κ3) is 2.42. The van der Waals surface area contributed by atoms with Crippen molar-refractivity contribution in [3.8, 4) is 0 Å². The molecule has 0 aliphatic carbocycles. The van der Waals surface area contributed by atoms with Crippen LogP contribution in [0.25, 0.3) is 16.6 Å². The highest BCUT2D eigenvalue weighted by molar-refractivity contribution is 6.04. The summed E-state index contributed by atoms with van der Waals surface area (Å²) in [6.45, 7) is 0.468. The van der Waals surface area contributed by atoms with Crippen LogP contribution in [0.1, 0.15) is 16.3 Å². The molecule has 3 aromatic heterocycles. The summed E-state index contributed by atoms with van der Waals surface area (Å²) < 4.78 is 1.91. The zero-order valence-corrected chi connectivity index (χ0v) is 12.2. The molecule has 3 heterocycles. The highest BCUT2D eigenvalue weighted by atomic mass is 16.1. The molecule has 0 radical (unpaired) electrons. The van der Waals surface area contributed by atoms with Gasteiger partial charge in [-0.3, -0.25) is 14.3 Å². The van der Waals surface area contributed by atoms with Gasteiger partial charge in [0.2, 0.25) is 0 Å². The number of amides is 1.